The molecule has 0 spiro atoms. The van der Waals surface area contributed by atoms with E-state index in [9.17, 15) is 13.2 Å². The van der Waals surface area contributed by atoms with Crippen LogP contribution in [0.3, 0.4) is 0 Å². The predicted molar refractivity (Wildman–Crippen MR) is 126 cm³/mol. The van der Waals surface area contributed by atoms with E-state index in [0.29, 0.717) is 23.2 Å². The normalized spacial score (nSPS) is 15.4. The van der Waals surface area contributed by atoms with Crippen molar-refractivity contribution in [1.29, 1.82) is 0 Å². The number of nitrogens with one attached hydrogen (secondary N) is 3. The summed E-state index contributed by atoms with van der Waals surface area (Å²) in [7, 11) is 1.60. The molecule has 1 aromatic heterocycles. The lowest BCUT2D eigenvalue weighted by molar-refractivity contribution is -0.137. The standard InChI is InChI=1S/C25H20F3N5O2/c1-34-18-8-9-20-21(14-18)29-11-10-22(20)35-19-7-2-4-15(12-19)23-31-24(33-32-23)30-17-6-3-5-16(13-17)25(26,27)28/h2-14,23,32H,1H3,(H2,30,31,33). The Bertz CT molecular complexity index is 1410. The third kappa shape index (κ3) is 4.97. The van der Waals surface area contributed by atoms with Gasteiger partial charge in [-0.15, -0.1) is 0 Å². The van der Waals surface area contributed by atoms with Crippen molar-refractivity contribution in [3.8, 4) is 17.2 Å². The van der Waals surface area contributed by atoms with E-state index in [0.717, 1.165) is 28.6 Å². The number of fused-ring (bicyclic) bond motifs is 1. The van der Waals surface area contributed by atoms with Gasteiger partial charge in [0.05, 0.1) is 18.2 Å². The molecule has 0 saturated carbocycles. The van der Waals surface area contributed by atoms with Crippen LogP contribution in [0, 0.1) is 0 Å². The van der Waals surface area contributed by atoms with Crippen molar-refractivity contribution in [2.75, 3.05) is 12.4 Å². The second-order valence-corrected chi connectivity index (χ2v) is 7.72. The molecule has 5 rings (SSSR count). The summed E-state index contributed by atoms with van der Waals surface area (Å²) in [5.74, 6) is 2.25. The molecular formula is C25H20F3N5O2. The molecule has 3 N–H and O–H groups in total. The van der Waals surface area contributed by atoms with Crippen molar-refractivity contribution >= 4 is 22.5 Å². The number of benzene rings is 3. The Hall–Kier alpha value is -4.31. The SMILES string of the molecule is COc1ccc2c(Oc3cccc(C4N=C(Nc5cccc(C(F)(F)F)c5)NN4)c3)ccnc2c1. The molecule has 0 aliphatic carbocycles. The average Bonchev–Trinajstić information content (AvgIpc) is 3.32. The third-order valence-electron chi connectivity index (χ3n) is 5.35. The fraction of sp³-hybridized carbons (Fsp3) is 0.120. The number of aromatic nitrogens is 1. The van der Waals surface area contributed by atoms with E-state index < -0.39 is 17.9 Å². The zero-order valence-corrected chi connectivity index (χ0v) is 18.4. The number of pyridine rings is 1. The minimum Gasteiger partial charge on any atom is -0.497 e. The van der Waals surface area contributed by atoms with Gasteiger partial charge in [-0.3, -0.25) is 10.4 Å². The van der Waals surface area contributed by atoms with Crippen LogP contribution in [0.4, 0.5) is 18.9 Å². The first kappa shape index (κ1) is 22.5. The van der Waals surface area contributed by atoms with Gasteiger partial charge in [-0.25, -0.2) is 10.4 Å². The first-order valence-corrected chi connectivity index (χ1v) is 10.6. The zero-order chi connectivity index (χ0) is 24.4. The smallest absolute Gasteiger partial charge is 0.416 e. The molecule has 0 bridgehead atoms. The van der Waals surface area contributed by atoms with Gasteiger partial charge in [0.25, 0.3) is 0 Å². The summed E-state index contributed by atoms with van der Waals surface area (Å²) in [4.78, 5) is 8.85. The van der Waals surface area contributed by atoms with Crippen LogP contribution in [0.15, 0.2) is 84.0 Å². The predicted octanol–water partition coefficient (Wildman–Crippen LogP) is 5.63. The lowest BCUT2D eigenvalue weighted by atomic mass is 10.1. The van der Waals surface area contributed by atoms with E-state index in [1.165, 1.54) is 12.1 Å². The number of halogens is 3. The quantitative estimate of drug-likeness (QED) is 0.344. The van der Waals surface area contributed by atoms with Crippen LogP contribution < -0.4 is 25.6 Å². The van der Waals surface area contributed by atoms with Crippen molar-refractivity contribution in [2.24, 2.45) is 4.99 Å². The first-order valence-electron chi connectivity index (χ1n) is 10.6. The molecule has 2 heterocycles. The number of nitrogens with zero attached hydrogens (tertiary/aromatic N) is 2. The largest absolute Gasteiger partial charge is 0.497 e. The Labute approximate surface area is 198 Å². The molecule has 0 saturated heterocycles. The number of methoxy groups -OCH3 is 1. The molecular weight excluding hydrogens is 459 g/mol. The van der Waals surface area contributed by atoms with Gasteiger partial charge in [-0.2, -0.15) is 13.2 Å². The Morgan fingerprint density at radius 1 is 0.943 bits per heavy atom. The molecule has 0 fully saturated rings. The Morgan fingerprint density at radius 2 is 1.80 bits per heavy atom. The Balaban J connectivity index is 1.33. The molecule has 35 heavy (non-hydrogen) atoms. The van der Waals surface area contributed by atoms with Crippen LogP contribution in [-0.4, -0.2) is 18.1 Å². The molecule has 4 aromatic rings. The molecule has 1 aliphatic rings. The number of hydrogen-bond acceptors (Lipinski definition) is 7. The number of hydrazine groups is 1. The van der Waals surface area contributed by atoms with Gasteiger partial charge in [-0.1, -0.05) is 18.2 Å². The molecule has 7 nitrogen and oxygen atoms in total. The highest BCUT2D eigenvalue weighted by Crippen LogP contribution is 2.33. The van der Waals surface area contributed by atoms with Gasteiger partial charge in [0.2, 0.25) is 5.96 Å². The van der Waals surface area contributed by atoms with Gasteiger partial charge < -0.3 is 14.8 Å². The lowest BCUT2D eigenvalue weighted by Gasteiger charge is -2.12. The highest BCUT2D eigenvalue weighted by atomic mass is 19.4. The number of anilines is 1. The number of rotatable bonds is 5. The fourth-order valence-corrected chi connectivity index (χ4v) is 3.65. The Morgan fingerprint density at radius 3 is 2.63 bits per heavy atom. The van der Waals surface area contributed by atoms with E-state index in [1.807, 2.05) is 42.5 Å². The maximum Gasteiger partial charge on any atom is 0.416 e. The topological polar surface area (TPSA) is 79.8 Å². The second kappa shape index (κ2) is 9.15. The molecule has 3 aromatic carbocycles. The number of guanidine groups is 1. The van der Waals surface area contributed by atoms with E-state index in [-0.39, 0.29) is 5.69 Å². The maximum absolute atomic E-state index is 13.0. The van der Waals surface area contributed by atoms with Crippen LogP contribution in [0.2, 0.25) is 0 Å². The highest BCUT2D eigenvalue weighted by Gasteiger charge is 2.30. The summed E-state index contributed by atoms with van der Waals surface area (Å²) in [6.45, 7) is 0. The molecule has 10 heteroatoms. The molecule has 0 amide bonds. The van der Waals surface area contributed by atoms with Gasteiger partial charge in [-0.05, 0) is 54.1 Å². The number of alkyl halides is 3. The number of ether oxygens (including phenoxy) is 2. The van der Waals surface area contributed by atoms with Crippen LogP contribution >= 0.6 is 0 Å². The second-order valence-electron chi connectivity index (χ2n) is 7.72. The molecule has 178 valence electrons. The molecule has 0 radical (unpaired) electrons. The average molecular weight is 479 g/mol. The van der Waals surface area contributed by atoms with E-state index in [2.05, 4.69) is 26.1 Å². The minimum atomic E-state index is -4.42. The van der Waals surface area contributed by atoms with Crippen LogP contribution in [0.1, 0.15) is 17.3 Å². The van der Waals surface area contributed by atoms with Gasteiger partial charge in [0, 0.05) is 23.3 Å². The van der Waals surface area contributed by atoms with Crippen molar-refractivity contribution in [3.63, 3.8) is 0 Å². The summed E-state index contributed by atoms with van der Waals surface area (Å²) in [5.41, 5.74) is 6.94. The van der Waals surface area contributed by atoms with Gasteiger partial charge in [0.1, 0.15) is 23.4 Å². The fourth-order valence-electron chi connectivity index (χ4n) is 3.65. The summed E-state index contributed by atoms with van der Waals surface area (Å²) < 4.78 is 50.3. The maximum atomic E-state index is 13.0. The van der Waals surface area contributed by atoms with E-state index in [4.69, 9.17) is 9.47 Å². The highest BCUT2D eigenvalue weighted by molar-refractivity contribution is 5.94. The van der Waals surface area contributed by atoms with Crippen molar-refractivity contribution in [2.45, 2.75) is 12.3 Å². The minimum absolute atomic E-state index is 0.270. The number of hydrogen-bond donors (Lipinski definition) is 3. The number of aliphatic imine (C=N–C) groups is 1. The van der Waals surface area contributed by atoms with Crippen LogP contribution in [0.25, 0.3) is 10.9 Å². The lowest BCUT2D eigenvalue weighted by Crippen LogP contribution is -2.35. The monoisotopic (exact) mass is 479 g/mol. The van der Waals surface area contributed by atoms with Crippen molar-refractivity contribution in [1.82, 2.24) is 15.8 Å². The molecule has 1 aliphatic heterocycles. The summed E-state index contributed by atoms with van der Waals surface area (Å²) in [5, 5.41) is 3.70. The summed E-state index contributed by atoms with van der Waals surface area (Å²) in [6, 6.07) is 19.6. The third-order valence-corrected chi connectivity index (χ3v) is 5.35. The summed E-state index contributed by atoms with van der Waals surface area (Å²) >= 11 is 0. The zero-order valence-electron chi connectivity index (χ0n) is 18.4. The van der Waals surface area contributed by atoms with Gasteiger partial charge >= 0.3 is 6.18 Å². The van der Waals surface area contributed by atoms with Crippen LogP contribution in [-0.2, 0) is 6.18 Å². The van der Waals surface area contributed by atoms with E-state index >= 15 is 0 Å². The van der Waals surface area contributed by atoms with E-state index in [1.54, 1.807) is 19.4 Å². The molecule has 1 unspecified atom stereocenters. The van der Waals surface area contributed by atoms with Crippen LogP contribution in [0.5, 0.6) is 17.2 Å². The van der Waals surface area contributed by atoms with Gasteiger partial charge in [0.15, 0.2) is 0 Å². The summed E-state index contributed by atoms with van der Waals surface area (Å²) in [6.07, 6.45) is -3.22. The Kier molecular flexibility index (Phi) is 5.87. The van der Waals surface area contributed by atoms with Crippen molar-refractivity contribution < 1.29 is 22.6 Å². The first-order chi connectivity index (χ1) is 16.9. The molecule has 1 atom stereocenters. The van der Waals surface area contributed by atoms with Crippen molar-refractivity contribution in [3.05, 3.63) is 90.1 Å².